The summed E-state index contributed by atoms with van der Waals surface area (Å²) >= 11 is 0. The van der Waals surface area contributed by atoms with Crippen molar-refractivity contribution in [3.63, 3.8) is 0 Å². The molecule has 7 nitrogen and oxygen atoms in total. The second-order valence-corrected chi connectivity index (χ2v) is 8.07. The van der Waals surface area contributed by atoms with Crippen molar-refractivity contribution in [2.45, 2.75) is 37.2 Å². The molecule has 3 aromatic rings. The van der Waals surface area contributed by atoms with E-state index in [1.54, 1.807) is 40.9 Å². The molecule has 2 saturated heterocycles. The molecule has 1 aromatic carbocycles. The molecule has 0 N–H and O–H groups in total. The number of carbonyl (C=O) groups excluding carboxylic acids is 1. The Morgan fingerprint density at radius 3 is 2.67 bits per heavy atom. The molecule has 2 aliphatic heterocycles. The van der Waals surface area contributed by atoms with Crippen LogP contribution in [0.2, 0.25) is 0 Å². The number of benzene rings is 1. The van der Waals surface area contributed by atoms with Gasteiger partial charge in [-0.3, -0.25) is 4.40 Å². The number of esters is 1. The van der Waals surface area contributed by atoms with Crippen LogP contribution in [0.1, 0.15) is 35.9 Å². The molecule has 2 aromatic heterocycles. The largest absolute Gasteiger partial charge is 0.469 e. The molecule has 0 unspecified atom stereocenters. The normalized spacial score (nSPS) is 24.8. The third-order valence-corrected chi connectivity index (χ3v) is 5.58. The molecule has 6 rings (SSSR count). The van der Waals surface area contributed by atoms with Crippen LogP contribution < -0.4 is 9.47 Å². The fourth-order valence-corrected chi connectivity index (χ4v) is 4.36. The van der Waals surface area contributed by atoms with E-state index in [-0.39, 0.29) is 28.2 Å². The lowest BCUT2D eigenvalue weighted by atomic mass is 9.62. The number of para-hydroxylation sites is 1. The van der Waals surface area contributed by atoms with Crippen LogP contribution in [-0.2, 0) is 10.2 Å². The summed E-state index contributed by atoms with van der Waals surface area (Å²) in [6.07, 6.45) is 2.24. The van der Waals surface area contributed by atoms with Gasteiger partial charge < -0.3 is 14.2 Å². The van der Waals surface area contributed by atoms with Crippen molar-refractivity contribution in [3.8, 4) is 11.6 Å². The third kappa shape index (κ3) is 3.19. The molecule has 9 heteroatoms. The third-order valence-electron chi connectivity index (χ3n) is 5.58. The Morgan fingerprint density at radius 1 is 1.23 bits per heavy atom. The maximum Gasteiger partial charge on any atom is 0.364 e. The quantitative estimate of drug-likeness (QED) is 0.454. The first-order valence-corrected chi connectivity index (χ1v) is 9.58. The maximum absolute atomic E-state index is 12.7. The van der Waals surface area contributed by atoms with Gasteiger partial charge in [0.2, 0.25) is 5.65 Å². The number of carbonyl (C=O) groups is 1. The van der Waals surface area contributed by atoms with Gasteiger partial charge in [-0.2, -0.15) is 0 Å². The van der Waals surface area contributed by atoms with Gasteiger partial charge in [-0.15, -0.1) is 0 Å². The van der Waals surface area contributed by atoms with Crippen molar-refractivity contribution < 1.29 is 27.8 Å². The molecule has 30 heavy (non-hydrogen) atoms. The van der Waals surface area contributed by atoms with E-state index >= 15 is 0 Å². The number of hydrogen-bond acceptors (Lipinski definition) is 6. The molecule has 0 radical (unpaired) electrons. The van der Waals surface area contributed by atoms with Crippen LogP contribution in [-0.4, -0.2) is 45.6 Å². The molecule has 2 bridgehead atoms. The highest BCUT2D eigenvalue weighted by atomic mass is 19.3. The minimum atomic E-state index is -2.68. The Hall–Kier alpha value is -3.07. The summed E-state index contributed by atoms with van der Waals surface area (Å²) in [6, 6.07) is 8.52. The van der Waals surface area contributed by atoms with Crippen LogP contribution in [0, 0.1) is 0 Å². The van der Waals surface area contributed by atoms with Gasteiger partial charge in [0.05, 0.1) is 17.9 Å². The predicted octanol–water partition coefficient (Wildman–Crippen LogP) is 3.41. The van der Waals surface area contributed by atoms with E-state index in [0.717, 1.165) is 18.5 Å². The SMILES string of the molecule is CC12CC(c3cn4cc(C(=O)Oc5ccccc5)nc(OCC(F)F)c4n3)(CO1)C2. The Kier molecular flexibility index (Phi) is 4.25. The standard InChI is InChI=1S/C21H19F2N3O4/c1-20-10-21(11-20,12-29-20)15-8-26-7-14(19(27)30-13-5-3-2-4-6-13)24-18(17(26)25-15)28-9-16(22)23/h2-8,16H,9-12H2,1H3. The summed E-state index contributed by atoms with van der Waals surface area (Å²) in [6.45, 7) is 1.76. The van der Waals surface area contributed by atoms with Gasteiger partial charge in [0.25, 0.3) is 12.3 Å². The second kappa shape index (κ2) is 6.73. The number of imidazole rings is 1. The van der Waals surface area contributed by atoms with Crippen molar-refractivity contribution in [2.24, 2.45) is 0 Å². The fraction of sp³-hybridized carbons (Fsp3) is 0.381. The minimum Gasteiger partial charge on any atom is -0.469 e. The molecule has 0 amide bonds. The number of halogens is 2. The molecule has 0 spiro atoms. The van der Waals surface area contributed by atoms with Crippen LogP contribution in [0.15, 0.2) is 42.7 Å². The molecular formula is C21H19F2N3O4. The summed E-state index contributed by atoms with van der Waals surface area (Å²) < 4.78 is 43.4. The molecule has 0 atom stereocenters. The first-order chi connectivity index (χ1) is 14.4. The van der Waals surface area contributed by atoms with Gasteiger partial charge >= 0.3 is 5.97 Å². The number of hydrogen-bond donors (Lipinski definition) is 0. The van der Waals surface area contributed by atoms with E-state index in [1.807, 2.05) is 0 Å². The van der Waals surface area contributed by atoms with Crippen LogP contribution >= 0.6 is 0 Å². The lowest BCUT2D eigenvalue weighted by molar-refractivity contribution is 0.0154. The van der Waals surface area contributed by atoms with Gasteiger partial charge in [-0.1, -0.05) is 18.2 Å². The van der Waals surface area contributed by atoms with E-state index in [4.69, 9.17) is 14.2 Å². The smallest absolute Gasteiger partial charge is 0.364 e. The zero-order valence-corrected chi connectivity index (χ0v) is 16.2. The number of nitrogens with zero attached hydrogens (tertiary/aromatic N) is 3. The van der Waals surface area contributed by atoms with Crippen molar-refractivity contribution in [3.05, 3.63) is 54.1 Å². The van der Waals surface area contributed by atoms with E-state index in [2.05, 4.69) is 16.9 Å². The zero-order chi connectivity index (χ0) is 20.9. The van der Waals surface area contributed by atoms with Crippen LogP contribution in [0.3, 0.4) is 0 Å². The highest BCUT2D eigenvalue weighted by Crippen LogP contribution is 2.58. The number of ether oxygens (including phenoxy) is 3. The van der Waals surface area contributed by atoms with Crippen molar-refractivity contribution in [2.75, 3.05) is 13.2 Å². The molecule has 156 valence electrons. The van der Waals surface area contributed by atoms with Gasteiger partial charge in [0, 0.05) is 17.8 Å². The summed E-state index contributed by atoms with van der Waals surface area (Å²) in [5, 5.41) is 0. The monoisotopic (exact) mass is 415 g/mol. The highest BCUT2D eigenvalue weighted by molar-refractivity contribution is 5.89. The van der Waals surface area contributed by atoms with Crippen molar-refractivity contribution in [1.29, 1.82) is 0 Å². The first kappa shape index (κ1) is 18.9. The lowest BCUT2D eigenvalue weighted by Gasteiger charge is -2.41. The fourth-order valence-electron chi connectivity index (χ4n) is 4.36. The zero-order valence-electron chi connectivity index (χ0n) is 16.2. The maximum atomic E-state index is 12.7. The molecule has 3 fully saturated rings. The second-order valence-electron chi connectivity index (χ2n) is 8.07. The van der Waals surface area contributed by atoms with Crippen molar-refractivity contribution >= 4 is 11.6 Å². The van der Waals surface area contributed by atoms with Crippen LogP contribution in [0.5, 0.6) is 11.6 Å². The molecule has 1 aliphatic carbocycles. The molecule has 4 heterocycles. The van der Waals surface area contributed by atoms with Gasteiger partial charge in [0.1, 0.15) is 5.75 Å². The van der Waals surface area contributed by atoms with Crippen LogP contribution in [0.25, 0.3) is 5.65 Å². The van der Waals surface area contributed by atoms with Gasteiger partial charge in [-0.05, 0) is 31.9 Å². The molecular weight excluding hydrogens is 396 g/mol. The average Bonchev–Trinajstić information content (AvgIpc) is 3.37. The summed E-state index contributed by atoms with van der Waals surface area (Å²) in [7, 11) is 0. The highest BCUT2D eigenvalue weighted by Gasteiger charge is 2.61. The summed E-state index contributed by atoms with van der Waals surface area (Å²) in [5.41, 5.74) is 0.642. The summed E-state index contributed by atoms with van der Waals surface area (Å²) in [4.78, 5) is 21.3. The number of fused-ring (bicyclic) bond motifs is 2. The average molecular weight is 415 g/mol. The Bertz CT molecular complexity index is 1110. The van der Waals surface area contributed by atoms with Gasteiger partial charge in [-0.25, -0.2) is 23.5 Å². The van der Waals surface area contributed by atoms with E-state index in [1.165, 1.54) is 6.20 Å². The van der Waals surface area contributed by atoms with E-state index < -0.39 is 19.0 Å². The molecule has 3 aliphatic rings. The Morgan fingerprint density at radius 2 is 2.00 bits per heavy atom. The predicted molar refractivity (Wildman–Crippen MR) is 101 cm³/mol. The number of aromatic nitrogens is 3. The Balaban J connectivity index is 1.51. The first-order valence-electron chi connectivity index (χ1n) is 9.58. The topological polar surface area (TPSA) is 75.0 Å². The van der Waals surface area contributed by atoms with Gasteiger partial charge in [0.15, 0.2) is 12.3 Å². The minimum absolute atomic E-state index is 0.0711. The van der Waals surface area contributed by atoms with Crippen LogP contribution in [0.4, 0.5) is 8.78 Å². The number of alkyl halides is 2. The van der Waals surface area contributed by atoms with E-state index in [0.29, 0.717) is 12.4 Å². The number of rotatable bonds is 6. The molecule has 1 saturated carbocycles. The Labute approximate surface area is 170 Å². The lowest BCUT2D eigenvalue weighted by Crippen LogP contribution is -2.45. The van der Waals surface area contributed by atoms with Crippen molar-refractivity contribution in [1.82, 2.24) is 14.4 Å². The van der Waals surface area contributed by atoms with E-state index in [9.17, 15) is 13.6 Å². The summed E-state index contributed by atoms with van der Waals surface area (Å²) in [5.74, 6) is -0.512.